The van der Waals surface area contributed by atoms with E-state index in [0.29, 0.717) is 0 Å². The average molecular weight is 290 g/mol. The third-order valence-corrected chi connectivity index (χ3v) is 3.57. The highest BCUT2D eigenvalue weighted by Crippen LogP contribution is 2.30. The second kappa shape index (κ2) is 4.38. The SMILES string of the molecule is O=C1CCC(N2C(=O)c3ccc(O)cc3C2=O)C(=O)N1O. The summed E-state index contributed by atoms with van der Waals surface area (Å²) in [6.07, 6.45) is -0.183. The Bertz CT molecular complexity index is 698. The molecule has 1 unspecified atom stereocenters. The first kappa shape index (κ1) is 13.3. The van der Waals surface area contributed by atoms with Crippen LogP contribution in [0.2, 0.25) is 0 Å². The summed E-state index contributed by atoms with van der Waals surface area (Å²) in [6.45, 7) is 0. The summed E-state index contributed by atoms with van der Waals surface area (Å²) in [4.78, 5) is 48.3. The first-order valence-electron chi connectivity index (χ1n) is 6.18. The Morgan fingerprint density at radius 3 is 2.43 bits per heavy atom. The van der Waals surface area contributed by atoms with E-state index in [1.165, 1.54) is 12.1 Å². The van der Waals surface area contributed by atoms with Gasteiger partial charge in [0.05, 0.1) is 11.1 Å². The van der Waals surface area contributed by atoms with Crippen LogP contribution in [0.1, 0.15) is 33.6 Å². The van der Waals surface area contributed by atoms with Crippen LogP contribution in [0, 0.1) is 0 Å². The number of benzene rings is 1. The Morgan fingerprint density at radius 2 is 1.71 bits per heavy atom. The highest BCUT2D eigenvalue weighted by atomic mass is 16.5. The minimum absolute atomic E-state index is 0.00538. The molecular formula is C13H10N2O6. The molecule has 2 N–H and O–H groups in total. The van der Waals surface area contributed by atoms with Crippen molar-refractivity contribution in [1.29, 1.82) is 0 Å². The van der Waals surface area contributed by atoms with Gasteiger partial charge >= 0.3 is 0 Å². The van der Waals surface area contributed by atoms with Gasteiger partial charge in [0.2, 0.25) is 0 Å². The lowest BCUT2D eigenvalue weighted by Crippen LogP contribution is -2.55. The smallest absolute Gasteiger partial charge is 0.276 e. The zero-order valence-electron chi connectivity index (χ0n) is 10.6. The number of hydrogen-bond donors (Lipinski definition) is 2. The van der Waals surface area contributed by atoms with Crippen molar-refractivity contribution < 1.29 is 29.5 Å². The van der Waals surface area contributed by atoms with Crippen LogP contribution >= 0.6 is 0 Å². The second-order valence-electron chi connectivity index (χ2n) is 4.81. The van der Waals surface area contributed by atoms with Gasteiger partial charge < -0.3 is 5.11 Å². The van der Waals surface area contributed by atoms with Gasteiger partial charge in [-0.25, -0.2) is 0 Å². The molecule has 21 heavy (non-hydrogen) atoms. The molecule has 1 atom stereocenters. The lowest BCUT2D eigenvalue weighted by Gasteiger charge is -2.30. The normalized spacial score (nSPS) is 22.0. The molecule has 0 bridgehead atoms. The molecule has 3 rings (SSSR count). The van der Waals surface area contributed by atoms with Crippen molar-refractivity contribution in [2.24, 2.45) is 0 Å². The standard InChI is InChI=1S/C13H10N2O6/c16-6-1-2-7-8(5-6)12(19)14(11(7)18)9-3-4-10(17)15(21)13(9)20/h1-2,5,9,16,21H,3-4H2. The molecule has 2 aliphatic rings. The monoisotopic (exact) mass is 290 g/mol. The van der Waals surface area contributed by atoms with Crippen LogP contribution in [-0.4, -0.2) is 49.9 Å². The number of piperidine rings is 1. The minimum Gasteiger partial charge on any atom is -0.508 e. The van der Waals surface area contributed by atoms with E-state index >= 15 is 0 Å². The number of phenolic OH excluding ortho intramolecular Hbond substituents is 1. The van der Waals surface area contributed by atoms with Crippen molar-refractivity contribution >= 4 is 23.6 Å². The first-order valence-corrected chi connectivity index (χ1v) is 6.18. The number of amides is 4. The van der Waals surface area contributed by atoms with Crippen LogP contribution < -0.4 is 0 Å². The number of rotatable bonds is 1. The first-order chi connectivity index (χ1) is 9.91. The number of aromatic hydroxyl groups is 1. The largest absolute Gasteiger partial charge is 0.508 e. The molecule has 4 amide bonds. The van der Waals surface area contributed by atoms with Gasteiger partial charge in [0.25, 0.3) is 23.6 Å². The quantitative estimate of drug-likeness (QED) is 0.551. The van der Waals surface area contributed by atoms with Gasteiger partial charge in [-0.2, -0.15) is 5.06 Å². The van der Waals surface area contributed by atoms with Crippen LogP contribution in [0.15, 0.2) is 18.2 Å². The van der Waals surface area contributed by atoms with E-state index in [4.69, 9.17) is 0 Å². The molecule has 0 spiro atoms. The zero-order valence-corrected chi connectivity index (χ0v) is 10.6. The van der Waals surface area contributed by atoms with E-state index in [1.807, 2.05) is 0 Å². The van der Waals surface area contributed by atoms with E-state index in [-0.39, 0.29) is 34.8 Å². The van der Waals surface area contributed by atoms with E-state index in [2.05, 4.69) is 0 Å². The number of nitrogens with zero attached hydrogens (tertiary/aromatic N) is 2. The average Bonchev–Trinajstić information content (AvgIpc) is 2.69. The number of phenols is 1. The van der Waals surface area contributed by atoms with E-state index in [1.54, 1.807) is 0 Å². The Morgan fingerprint density at radius 1 is 1.05 bits per heavy atom. The fraction of sp³-hybridized carbons (Fsp3) is 0.231. The molecule has 1 aromatic carbocycles. The van der Waals surface area contributed by atoms with Crippen molar-refractivity contribution in [1.82, 2.24) is 9.96 Å². The Labute approximate surface area is 118 Å². The van der Waals surface area contributed by atoms with Crippen LogP contribution in [-0.2, 0) is 9.59 Å². The number of carbonyl (C=O) groups excluding carboxylic acids is 4. The van der Waals surface area contributed by atoms with Crippen molar-refractivity contribution in [2.45, 2.75) is 18.9 Å². The van der Waals surface area contributed by atoms with Crippen molar-refractivity contribution in [3.8, 4) is 5.75 Å². The molecule has 108 valence electrons. The summed E-state index contributed by atoms with van der Waals surface area (Å²) in [6, 6.07) is 2.48. The molecular weight excluding hydrogens is 280 g/mol. The Kier molecular flexibility index (Phi) is 2.77. The maximum Gasteiger partial charge on any atom is 0.276 e. The third-order valence-electron chi connectivity index (χ3n) is 3.57. The number of fused-ring (bicyclic) bond motifs is 1. The van der Waals surface area contributed by atoms with Crippen LogP contribution in [0.3, 0.4) is 0 Å². The summed E-state index contributed by atoms with van der Waals surface area (Å²) in [7, 11) is 0. The molecule has 1 fully saturated rings. The number of hydroxylamine groups is 2. The lowest BCUT2D eigenvalue weighted by molar-refractivity contribution is -0.186. The number of hydrogen-bond acceptors (Lipinski definition) is 6. The predicted octanol–water partition coefficient (Wildman–Crippen LogP) is -0.105. The maximum absolute atomic E-state index is 12.2. The molecule has 1 saturated heterocycles. The van der Waals surface area contributed by atoms with Crippen LogP contribution in [0.25, 0.3) is 0 Å². The van der Waals surface area contributed by atoms with Crippen molar-refractivity contribution in [2.75, 3.05) is 0 Å². The summed E-state index contributed by atoms with van der Waals surface area (Å²) in [5, 5.41) is 18.7. The zero-order chi connectivity index (χ0) is 15.3. The lowest BCUT2D eigenvalue weighted by atomic mass is 10.0. The fourth-order valence-corrected chi connectivity index (χ4v) is 2.52. The van der Waals surface area contributed by atoms with Gasteiger partial charge in [0.15, 0.2) is 0 Å². The van der Waals surface area contributed by atoms with Gasteiger partial charge in [0.1, 0.15) is 11.8 Å². The van der Waals surface area contributed by atoms with Gasteiger partial charge in [0, 0.05) is 6.42 Å². The van der Waals surface area contributed by atoms with E-state index in [0.717, 1.165) is 11.0 Å². The number of carbonyl (C=O) groups is 4. The summed E-state index contributed by atoms with van der Waals surface area (Å²) in [5.41, 5.74) is 0.0705. The van der Waals surface area contributed by atoms with Gasteiger partial charge in [-0.05, 0) is 24.6 Å². The molecule has 1 aromatic rings. The molecule has 2 aliphatic heterocycles. The topological polar surface area (TPSA) is 115 Å². The van der Waals surface area contributed by atoms with Gasteiger partial charge in [-0.3, -0.25) is 29.3 Å². The molecule has 2 heterocycles. The fourth-order valence-electron chi connectivity index (χ4n) is 2.52. The second-order valence-corrected chi connectivity index (χ2v) is 4.81. The van der Waals surface area contributed by atoms with Crippen LogP contribution in [0.4, 0.5) is 0 Å². The molecule has 0 saturated carbocycles. The minimum atomic E-state index is -1.22. The Hall–Kier alpha value is -2.74. The highest BCUT2D eigenvalue weighted by molar-refractivity contribution is 6.23. The van der Waals surface area contributed by atoms with Crippen molar-refractivity contribution in [3.63, 3.8) is 0 Å². The third kappa shape index (κ3) is 1.80. The molecule has 8 nitrogen and oxygen atoms in total. The van der Waals surface area contributed by atoms with Gasteiger partial charge in [-0.15, -0.1) is 0 Å². The molecule has 8 heteroatoms. The molecule has 0 aromatic heterocycles. The van der Waals surface area contributed by atoms with E-state index in [9.17, 15) is 29.5 Å². The maximum atomic E-state index is 12.2. The summed E-state index contributed by atoms with van der Waals surface area (Å²) >= 11 is 0. The highest BCUT2D eigenvalue weighted by Gasteiger charge is 2.46. The van der Waals surface area contributed by atoms with E-state index < -0.39 is 29.7 Å². The van der Waals surface area contributed by atoms with Crippen molar-refractivity contribution in [3.05, 3.63) is 29.3 Å². The summed E-state index contributed by atoms with van der Waals surface area (Å²) in [5.74, 6) is -3.37. The summed E-state index contributed by atoms with van der Waals surface area (Å²) < 4.78 is 0. The predicted molar refractivity (Wildman–Crippen MR) is 65.3 cm³/mol. The van der Waals surface area contributed by atoms with Crippen LogP contribution in [0.5, 0.6) is 5.75 Å². The molecule has 0 aliphatic carbocycles. The molecule has 0 radical (unpaired) electrons. The number of imide groups is 2. The van der Waals surface area contributed by atoms with Gasteiger partial charge in [-0.1, -0.05) is 0 Å². The Balaban J connectivity index is 1.98.